The Hall–Kier alpha value is -8.59. The predicted octanol–water partition coefficient (Wildman–Crippen LogP) is 24.3. The quantitative estimate of drug-likeness (QED) is 0.0391. The van der Waals surface area contributed by atoms with E-state index in [1.165, 1.54) is 52.0 Å². The van der Waals surface area contributed by atoms with Gasteiger partial charge in [0.2, 0.25) is 0 Å². The highest BCUT2D eigenvalue weighted by molar-refractivity contribution is 6.85. The van der Waals surface area contributed by atoms with Crippen LogP contribution in [0.5, 0.6) is 0 Å². The SMILES string of the molecule is CCCC[Si](C)(C)C#Cc1ccc(-c2ccc(-c3c(F)c(F)c(-c4c(F)c(F)c(-c5cc(C(C)C)c(-c6c(F)c(F)c(-c7c(F)c(F)c(-c8ccc(-c9ccc(C#C[Si](C)(C)CCCC)cc9)cc8)c(F)c7F)c(F)c6F)cc5C(C)C)c(F)c4F)c(F)c3F)cc2)cc1. The van der Waals surface area contributed by atoms with Gasteiger partial charge in [0, 0.05) is 11.1 Å². The fourth-order valence-electron chi connectivity index (χ4n) is 11.4. The standard InChI is InChI=1S/C76H62F16Si2/c1-11-13-33-93(7,8)35-31-41-15-19-43(20-16-41)45-23-27-47(28-24-45)53-61(77)69(85)57(70(86)62(53)78)59-73(89)65(81)55(66(82)74(59)90)51-37-50(40(5)6)52(38-49(51)39(3)4)56-67(83)75(91)60(76(92)68(56)84)58-71(87)63(79)54(64(80)72(58)88)48-29-25-46(26-30-48)44-21-17-42(18-22-44)32-36-94(9,10)34-14-12-2/h15-30,37-40H,11-14,33-34H2,1-10H3. The number of halogens is 16. The van der Waals surface area contributed by atoms with Crippen molar-refractivity contribution in [3.8, 4) is 112 Å². The number of benzene rings is 9. The molecule has 0 aromatic heterocycles. The van der Waals surface area contributed by atoms with Crippen molar-refractivity contribution in [3.05, 3.63) is 225 Å². The van der Waals surface area contributed by atoms with Gasteiger partial charge in [0.15, 0.2) is 93.1 Å². The van der Waals surface area contributed by atoms with Crippen molar-refractivity contribution in [2.24, 2.45) is 0 Å². The van der Waals surface area contributed by atoms with Crippen LogP contribution in [0.25, 0.3) is 89.0 Å². The van der Waals surface area contributed by atoms with Gasteiger partial charge < -0.3 is 0 Å². The molecule has 0 saturated heterocycles. The first kappa shape index (κ1) is 69.7. The molecule has 0 aliphatic heterocycles. The maximum Gasteiger partial charge on any atom is 0.170 e. The van der Waals surface area contributed by atoms with Gasteiger partial charge in [0.05, 0.1) is 44.5 Å². The Kier molecular flexibility index (Phi) is 20.6. The van der Waals surface area contributed by atoms with Crippen LogP contribution in [0.15, 0.2) is 109 Å². The van der Waals surface area contributed by atoms with Crippen LogP contribution < -0.4 is 0 Å². The van der Waals surface area contributed by atoms with E-state index in [2.05, 4.69) is 63.0 Å². The zero-order valence-corrected chi connectivity index (χ0v) is 54.8. The van der Waals surface area contributed by atoms with Gasteiger partial charge in [-0.2, -0.15) is 0 Å². The lowest BCUT2D eigenvalue weighted by Gasteiger charge is -2.23. The molecule has 0 aliphatic rings. The van der Waals surface area contributed by atoms with E-state index in [0.717, 1.165) is 85.3 Å². The molecule has 9 aromatic carbocycles. The van der Waals surface area contributed by atoms with Gasteiger partial charge in [-0.25, -0.2) is 70.2 Å². The minimum absolute atomic E-state index is 0.440. The lowest BCUT2D eigenvalue weighted by molar-refractivity contribution is 0.445. The first-order valence-electron chi connectivity index (χ1n) is 30.5. The van der Waals surface area contributed by atoms with Crippen LogP contribution in [0.1, 0.15) is 101 Å². The molecule has 0 aliphatic carbocycles. The summed E-state index contributed by atoms with van der Waals surface area (Å²) >= 11 is 0. The van der Waals surface area contributed by atoms with E-state index < -0.39 is 199 Å². The molecule has 9 aromatic rings. The molecular weight excluding hydrogens is 1270 g/mol. The van der Waals surface area contributed by atoms with E-state index >= 15 is 70.2 Å². The van der Waals surface area contributed by atoms with Crippen molar-refractivity contribution in [1.29, 1.82) is 0 Å². The summed E-state index contributed by atoms with van der Waals surface area (Å²) in [5.41, 5.74) is -7.40. The summed E-state index contributed by atoms with van der Waals surface area (Å²) in [7, 11) is -3.50. The van der Waals surface area contributed by atoms with E-state index in [4.69, 9.17) is 0 Å². The topological polar surface area (TPSA) is 0 Å². The number of hydrogen-bond donors (Lipinski definition) is 0. The van der Waals surface area contributed by atoms with Crippen molar-refractivity contribution < 1.29 is 70.2 Å². The average molecular weight is 1340 g/mol. The Balaban J connectivity index is 1.05. The maximum atomic E-state index is 16.7. The number of hydrogen-bond acceptors (Lipinski definition) is 0. The predicted molar refractivity (Wildman–Crippen MR) is 346 cm³/mol. The zero-order valence-electron chi connectivity index (χ0n) is 52.8. The molecule has 0 unspecified atom stereocenters. The van der Waals surface area contributed by atoms with Crippen molar-refractivity contribution in [3.63, 3.8) is 0 Å². The summed E-state index contributed by atoms with van der Waals surface area (Å²) < 4.78 is 262. The second-order valence-corrected chi connectivity index (χ2v) is 34.2. The number of rotatable bonds is 16. The molecule has 0 amide bonds. The molecule has 0 fully saturated rings. The summed E-state index contributed by atoms with van der Waals surface area (Å²) in [5, 5.41) is 0. The highest BCUT2D eigenvalue weighted by atomic mass is 28.3. The molecule has 94 heavy (non-hydrogen) atoms. The smallest absolute Gasteiger partial charge is 0.170 e. The van der Waals surface area contributed by atoms with Crippen LogP contribution >= 0.6 is 0 Å². The third kappa shape index (κ3) is 13.4. The Bertz CT molecular complexity index is 4160. The molecule has 0 radical (unpaired) electrons. The fourth-order valence-corrected chi connectivity index (χ4v) is 15.1. The van der Waals surface area contributed by atoms with Gasteiger partial charge in [0.1, 0.15) is 16.1 Å². The first-order chi connectivity index (χ1) is 44.4. The molecule has 0 bridgehead atoms. The summed E-state index contributed by atoms with van der Waals surface area (Å²) in [4.78, 5) is 0. The Morgan fingerprint density at radius 1 is 0.287 bits per heavy atom. The minimum Gasteiger partial charge on any atom is -0.203 e. The van der Waals surface area contributed by atoms with Crippen molar-refractivity contribution in [2.75, 3.05) is 0 Å². The van der Waals surface area contributed by atoms with Crippen LogP contribution in [-0.2, 0) is 0 Å². The second-order valence-electron chi connectivity index (χ2n) is 25.1. The van der Waals surface area contributed by atoms with Crippen LogP contribution in [-0.4, -0.2) is 16.1 Å². The highest BCUT2D eigenvalue weighted by Gasteiger charge is 2.39. The molecule has 486 valence electrons. The third-order valence-corrected chi connectivity index (χ3v) is 21.6. The maximum absolute atomic E-state index is 16.7. The molecule has 0 atom stereocenters. The van der Waals surface area contributed by atoms with E-state index in [1.54, 1.807) is 48.5 Å². The van der Waals surface area contributed by atoms with Gasteiger partial charge in [-0.1, -0.05) is 178 Å². The van der Waals surface area contributed by atoms with Crippen molar-refractivity contribution in [2.45, 2.75) is 117 Å². The van der Waals surface area contributed by atoms with Gasteiger partial charge in [-0.15, -0.1) is 11.1 Å². The lowest BCUT2D eigenvalue weighted by Crippen LogP contribution is -2.22. The van der Waals surface area contributed by atoms with Crippen LogP contribution in [0.3, 0.4) is 0 Å². The molecule has 0 saturated carbocycles. The Morgan fingerprint density at radius 2 is 0.489 bits per heavy atom. The van der Waals surface area contributed by atoms with Crippen molar-refractivity contribution >= 4 is 16.1 Å². The molecule has 18 heteroatoms. The molecule has 0 heterocycles. The second kappa shape index (κ2) is 27.8. The van der Waals surface area contributed by atoms with Crippen LogP contribution in [0.4, 0.5) is 70.2 Å². The monoisotopic (exact) mass is 1330 g/mol. The van der Waals surface area contributed by atoms with Crippen molar-refractivity contribution in [1.82, 2.24) is 0 Å². The van der Waals surface area contributed by atoms with E-state index in [0.29, 0.717) is 22.3 Å². The summed E-state index contributed by atoms with van der Waals surface area (Å²) in [5.74, 6) is -34.0. The molecule has 0 nitrogen and oxygen atoms in total. The van der Waals surface area contributed by atoms with E-state index in [9.17, 15) is 0 Å². The van der Waals surface area contributed by atoms with Gasteiger partial charge >= 0.3 is 0 Å². The molecule has 9 rings (SSSR count). The van der Waals surface area contributed by atoms with Crippen LogP contribution in [0, 0.1) is 116 Å². The summed E-state index contributed by atoms with van der Waals surface area (Å²) in [6.07, 6.45) is 4.26. The molecular formula is C76H62F16Si2. The van der Waals surface area contributed by atoms with Gasteiger partial charge in [-0.3, -0.25) is 0 Å². The Labute approximate surface area is 537 Å². The largest absolute Gasteiger partial charge is 0.203 e. The van der Waals surface area contributed by atoms with Gasteiger partial charge in [0.25, 0.3) is 0 Å². The zero-order chi connectivity index (χ0) is 68.7. The number of unbranched alkanes of at least 4 members (excludes halogenated alkanes) is 2. The van der Waals surface area contributed by atoms with Crippen LogP contribution in [0.2, 0.25) is 38.3 Å². The molecule has 0 spiro atoms. The third-order valence-electron chi connectivity index (χ3n) is 16.7. The summed E-state index contributed by atoms with van der Waals surface area (Å²) in [6, 6.07) is 27.7. The lowest BCUT2D eigenvalue weighted by atomic mass is 9.82. The minimum atomic E-state index is -2.55. The van der Waals surface area contributed by atoms with E-state index in [1.807, 2.05) is 0 Å². The summed E-state index contributed by atoms with van der Waals surface area (Å²) in [6.45, 7) is 18.1. The normalized spacial score (nSPS) is 11.8. The Morgan fingerprint density at radius 3 is 0.713 bits per heavy atom. The van der Waals surface area contributed by atoms with E-state index in [-0.39, 0.29) is 0 Å². The molecule has 0 N–H and O–H groups in total. The average Bonchev–Trinajstić information content (AvgIpc) is 0.730. The highest BCUT2D eigenvalue weighted by Crippen LogP contribution is 2.49. The first-order valence-corrected chi connectivity index (χ1v) is 36.9. The van der Waals surface area contributed by atoms with Gasteiger partial charge in [-0.05, 0) is 116 Å². The fraction of sp³-hybridized carbons (Fsp3) is 0.237.